The molecule has 0 heterocycles. The first-order valence-corrected chi connectivity index (χ1v) is 4.22. The summed E-state index contributed by atoms with van der Waals surface area (Å²) >= 11 is 0. The van der Waals surface area contributed by atoms with Gasteiger partial charge in [-0.2, -0.15) is 13.2 Å². The Labute approximate surface area is 80.9 Å². The Hall–Kier alpha value is -1.19. The average molecular weight is 203 g/mol. The van der Waals surface area contributed by atoms with Crippen LogP contribution in [-0.4, -0.2) is 7.05 Å². The van der Waals surface area contributed by atoms with Crippen LogP contribution in [0.5, 0.6) is 0 Å². The van der Waals surface area contributed by atoms with Gasteiger partial charge in [0.1, 0.15) is 0 Å². The number of benzene rings is 1. The molecule has 0 aliphatic heterocycles. The predicted molar refractivity (Wildman–Crippen MR) is 50.5 cm³/mol. The van der Waals surface area contributed by atoms with Crippen molar-refractivity contribution in [3.8, 4) is 0 Å². The molecule has 1 aromatic carbocycles. The van der Waals surface area contributed by atoms with Crippen LogP contribution in [0.1, 0.15) is 16.7 Å². The van der Waals surface area contributed by atoms with Crippen LogP contribution in [0.25, 0.3) is 0 Å². The molecule has 0 atom stereocenters. The number of alkyl halides is 3. The van der Waals surface area contributed by atoms with E-state index in [-0.39, 0.29) is 5.69 Å². The summed E-state index contributed by atoms with van der Waals surface area (Å²) in [6.45, 7) is 3.32. The Morgan fingerprint density at radius 2 is 1.71 bits per heavy atom. The molecule has 4 heteroatoms. The lowest BCUT2D eigenvalue weighted by Gasteiger charge is -2.15. The summed E-state index contributed by atoms with van der Waals surface area (Å²) in [5.41, 5.74) is 0.786. The average Bonchev–Trinajstić information content (AvgIpc) is 2.01. The Morgan fingerprint density at radius 1 is 1.14 bits per heavy atom. The summed E-state index contributed by atoms with van der Waals surface area (Å²) in [4.78, 5) is 0. The lowest BCUT2D eigenvalue weighted by atomic mass is 10.0. The van der Waals surface area contributed by atoms with Gasteiger partial charge in [0.15, 0.2) is 0 Å². The number of rotatable bonds is 1. The molecule has 0 amide bonds. The summed E-state index contributed by atoms with van der Waals surface area (Å²) in [6, 6.07) is 2.87. The number of hydrogen-bond acceptors (Lipinski definition) is 1. The van der Waals surface area contributed by atoms with Crippen molar-refractivity contribution in [1.82, 2.24) is 0 Å². The van der Waals surface area contributed by atoms with E-state index in [9.17, 15) is 13.2 Å². The van der Waals surface area contributed by atoms with E-state index in [2.05, 4.69) is 5.32 Å². The lowest BCUT2D eigenvalue weighted by Crippen LogP contribution is -2.10. The summed E-state index contributed by atoms with van der Waals surface area (Å²) in [7, 11) is 1.49. The van der Waals surface area contributed by atoms with Crippen molar-refractivity contribution in [2.75, 3.05) is 12.4 Å². The normalized spacial score (nSPS) is 11.6. The standard InChI is InChI=1S/C10H12F3N/c1-6-4-7(2)9(14-3)8(5-6)10(11,12)13/h4-5,14H,1-3H3. The van der Waals surface area contributed by atoms with E-state index in [1.165, 1.54) is 7.05 Å². The third kappa shape index (κ3) is 2.00. The molecule has 1 nitrogen and oxygen atoms in total. The highest BCUT2D eigenvalue weighted by atomic mass is 19.4. The van der Waals surface area contributed by atoms with Crippen molar-refractivity contribution >= 4 is 5.69 Å². The summed E-state index contributed by atoms with van der Waals surface area (Å²) in [5, 5.41) is 2.58. The van der Waals surface area contributed by atoms with Crippen molar-refractivity contribution in [2.24, 2.45) is 0 Å². The first-order chi connectivity index (χ1) is 6.36. The SMILES string of the molecule is CNc1c(C)cc(C)cc1C(F)(F)F. The van der Waals surface area contributed by atoms with Gasteiger partial charge in [0, 0.05) is 12.7 Å². The maximum Gasteiger partial charge on any atom is 0.418 e. The number of nitrogens with one attached hydrogen (secondary N) is 1. The molecule has 0 unspecified atom stereocenters. The van der Waals surface area contributed by atoms with Gasteiger partial charge in [-0.3, -0.25) is 0 Å². The Balaban J connectivity index is 3.40. The van der Waals surface area contributed by atoms with Crippen LogP contribution in [0.3, 0.4) is 0 Å². The third-order valence-electron chi connectivity index (χ3n) is 2.04. The zero-order valence-corrected chi connectivity index (χ0v) is 8.29. The second kappa shape index (κ2) is 3.52. The van der Waals surface area contributed by atoms with E-state index in [0.717, 1.165) is 6.07 Å². The zero-order valence-electron chi connectivity index (χ0n) is 8.29. The largest absolute Gasteiger partial charge is 0.418 e. The molecule has 78 valence electrons. The van der Waals surface area contributed by atoms with Gasteiger partial charge in [0.2, 0.25) is 0 Å². The van der Waals surface area contributed by atoms with Gasteiger partial charge in [0.25, 0.3) is 0 Å². The lowest BCUT2D eigenvalue weighted by molar-refractivity contribution is -0.137. The maximum absolute atomic E-state index is 12.6. The van der Waals surface area contributed by atoms with Crippen LogP contribution in [0.2, 0.25) is 0 Å². The van der Waals surface area contributed by atoms with Gasteiger partial charge in [-0.15, -0.1) is 0 Å². The topological polar surface area (TPSA) is 12.0 Å². The monoisotopic (exact) mass is 203 g/mol. The summed E-state index contributed by atoms with van der Waals surface area (Å²) in [6.07, 6.45) is -4.30. The van der Waals surface area contributed by atoms with Crippen molar-refractivity contribution in [3.05, 3.63) is 28.8 Å². The zero-order chi connectivity index (χ0) is 10.9. The molecule has 0 aromatic heterocycles. The number of halogens is 3. The first-order valence-electron chi connectivity index (χ1n) is 4.22. The number of anilines is 1. The second-order valence-corrected chi connectivity index (χ2v) is 3.25. The van der Waals surface area contributed by atoms with Crippen LogP contribution >= 0.6 is 0 Å². The predicted octanol–water partition coefficient (Wildman–Crippen LogP) is 3.36. The highest BCUT2D eigenvalue weighted by Gasteiger charge is 2.34. The Bertz CT molecular complexity index is 342. The Kier molecular flexibility index (Phi) is 2.73. The minimum Gasteiger partial charge on any atom is -0.387 e. The fourth-order valence-corrected chi connectivity index (χ4v) is 1.52. The van der Waals surface area contributed by atoms with Gasteiger partial charge in [-0.25, -0.2) is 0 Å². The molecule has 1 aromatic rings. The summed E-state index contributed by atoms with van der Waals surface area (Å²) in [5.74, 6) is 0. The van der Waals surface area contributed by atoms with Gasteiger partial charge in [0.05, 0.1) is 5.56 Å². The van der Waals surface area contributed by atoms with Gasteiger partial charge >= 0.3 is 6.18 Å². The van der Waals surface area contributed by atoms with Gasteiger partial charge in [-0.05, 0) is 25.5 Å². The van der Waals surface area contributed by atoms with Crippen molar-refractivity contribution in [2.45, 2.75) is 20.0 Å². The molecule has 0 bridgehead atoms. The molecule has 1 N–H and O–H groups in total. The van der Waals surface area contributed by atoms with Gasteiger partial charge < -0.3 is 5.32 Å². The van der Waals surface area contributed by atoms with E-state index in [4.69, 9.17) is 0 Å². The van der Waals surface area contributed by atoms with Gasteiger partial charge in [-0.1, -0.05) is 11.6 Å². The third-order valence-corrected chi connectivity index (χ3v) is 2.04. The molecule has 0 saturated heterocycles. The van der Waals surface area contributed by atoms with Crippen molar-refractivity contribution in [3.63, 3.8) is 0 Å². The molecule has 14 heavy (non-hydrogen) atoms. The van der Waals surface area contributed by atoms with E-state index in [0.29, 0.717) is 11.1 Å². The molecular weight excluding hydrogens is 191 g/mol. The highest BCUT2D eigenvalue weighted by Crippen LogP contribution is 2.36. The smallest absolute Gasteiger partial charge is 0.387 e. The first kappa shape index (κ1) is 10.9. The van der Waals surface area contributed by atoms with Crippen LogP contribution in [-0.2, 0) is 6.18 Å². The number of aryl methyl sites for hydroxylation is 2. The van der Waals surface area contributed by atoms with E-state index < -0.39 is 11.7 Å². The van der Waals surface area contributed by atoms with Crippen LogP contribution in [0, 0.1) is 13.8 Å². The molecule has 1 rings (SSSR count). The van der Waals surface area contributed by atoms with E-state index in [1.54, 1.807) is 19.9 Å². The van der Waals surface area contributed by atoms with Crippen LogP contribution in [0.15, 0.2) is 12.1 Å². The van der Waals surface area contributed by atoms with Crippen molar-refractivity contribution < 1.29 is 13.2 Å². The minimum atomic E-state index is -4.30. The van der Waals surface area contributed by atoms with Crippen LogP contribution in [0.4, 0.5) is 18.9 Å². The van der Waals surface area contributed by atoms with E-state index in [1.807, 2.05) is 0 Å². The minimum absolute atomic E-state index is 0.156. The van der Waals surface area contributed by atoms with Crippen molar-refractivity contribution in [1.29, 1.82) is 0 Å². The molecular formula is C10H12F3N. The molecule has 0 radical (unpaired) electrons. The molecule has 0 spiro atoms. The molecule has 0 saturated carbocycles. The second-order valence-electron chi connectivity index (χ2n) is 3.25. The molecule has 0 aliphatic carbocycles. The highest BCUT2D eigenvalue weighted by molar-refractivity contribution is 5.59. The van der Waals surface area contributed by atoms with E-state index >= 15 is 0 Å². The molecule has 0 fully saturated rings. The van der Waals surface area contributed by atoms with Crippen LogP contribution < -0.4 is 5.32 Å². The fraction of sp³-hybridized carbons (Fsp3) is 0.400. The Morgan fingerprint density at radius 3 is 2.14 bits per heavy atom. The molecule has 0 aliphatic rings. The summed E-state index contributed by atoms with van der Waals surface area (Å²) < 4.78 is 37.7. The fourth-order valence-electron chi connectivity index (χ4n) is 1.52. The quantitative estimate of drug-likeness (QED) is 0.737. The maximum atomic E-state index is 12.6. The number of hydrogen-bond donors (Lipinski definition) is 1.